The van der Waals surface area contributed by atoms with Crippen LogP contribution in [0.3, 0.4) is 0 Å². The molecule has 1 aromatic carbocycles. The standard InChI is InChI=1S/C10H11NO3/c1-13-9-5-3-4-7-8(9)6-11(14-2)10(7)12/h3-5H,6H2,1-2H3. The fourth-order valence-corrected chi connectivity index (χ4v) is 1.62. The Hall–Kier alpha value is -1.55. The van der Waals surface area contributed by atoms with Crippen LogP contribution in [0.4, 0.5) is 0 Å². The molecule has 2 rings (SSSR count). The van der Waals surface area contributed by atoms with E-state index in [0.29, 0.717) is 12.1 Å². The summed E-state index contributed by atoms with van der Waals surface area (Å²) in [5, 5.41) is 1.31. The summed E-state index contributed by atoms with van der Waals surface area (Å²) in [6, 6.07) is 5.42. The lowest BCUT2D eigenvalue weighted by Crippen LogP contribution is -2.21. The van der Waals surface area contributed by atoms with E-state index in [0.717, 1.165) is 11.3 Å². The second-order valence-electron chi connectivity index (χ2n) is 3.01. The van der Waals surface area contributed by atoms with E-state index in [1.807, 2.05) is 6.07 Å². The number of hydrogen-bond acceptors (Lipinski definition) is 3. The summed E-state index contributed by atoms with van der Waals surface area (Å²) in [7, 11) is 3.08. The summed E-state index contributed by atoms with van der Waals surface area (Å²) in [4.78, 5) is 16.6. The Morgan fingerprint density at radius 3 is 2.79 bits per heavy atom. The van der Waals surface area contributed by atoms with Crippen molar-refractivity contribution in [1.29, 1.82) is 0 Å². The Balaban J connectivity index is 2.47. The van der Waals surface area contributed by atoms with Gasteiger partial charge in [0, 0.05) is 5.56 Å². The number of hydroxylamine groups is 2. The van der Waals surface area contributed by atoms with Gasteiger partial charge in [0.25, 0.3) is 5.91 Å². The molecule has 0 unspecified atom stereocenters. The number of fused-ring (bicyclic) bond motifs is 1. The minimum atomic E-state index is -0.110. The van der Waals surface area contributed by atoms with Gasteiger partial charge in [0.05, 0.1) is 26.3 Å². The van der Waals surface area contributed by atoms with Gasteiger partial charge in [-0.15, -0.1) is 0 Å². The van der Waals surface area contributed by atoms with Crippen molar-refractivity contribution in [3.63, 3.8) is 0 Å². The van der Waals surface area contributed by atoms with Crippen LogP contribution in [0.2, 0.25) is 0 Å². The third-order valence-electron chi connectivity index (χ3n) is 2.33. The third-order valence-corrected chi connectivity index (χ3v) is 2.33. The quantitative estimate of drug-likeness (QED) is 0.708. The molecule has 0 aliphatic carbocycles. The van der Waals surface area contributed by atoms with Crippen molar-refractivity contribution in [1.82, 2.24) is 5.06 Å². The highest BCUT2D eigenvalue weighted by atomic mass is 16.7. The molecule has 1 aliphatic rings. The molecule has 4 nitrogen and oxygen atoms in total. The molecular weight excluding hydrogens is 182 g/mol. The molecule has 4 heteroatoms. The molecular formula is C10H11NO3. The summed E-state index contributed by atoms with van der Waals surface area (Å²) < 4.78 is 5.16. The number of hydrogen-bond donors (Lipinski definition) is 0. The van der Waals surface area contributed by atoms with Gasteiger partial charge in [-0.2, -0.15) is 0 Å². The van der Waals surface area contributed by atoms with Gasteiger partial charge in [0.1, 0.15) is 5.75 Å². The summed E-state index contributed by atoms with van der Waals surface area (Å²) in [5.74, 6) is 0.622. The van der Waals surface area contributed by atoms with Gasteiger partial charge in [-0.1, -0.05) is 6.07 Å². The van der Waals surface area contributed by atoms with Crippen molar-refractivity contribution in [3.8, 4) is 5.75 Å². The van der Waals surface area contributed by atoms with Gasteiger partial charge in [-0.05, 0) is 12.1 Å². The molecule has 1 aliphatic heterocycles. The lowest BCUT2D eigenvalue weighted by molar-refractivity contribution is -0.0958. The Kier molecular flexibility index (Phi) is 2.13. The molecule has 0 fully saturated rings. The monoisotopic (exact) mass is 193 g/mol. The van der Waals surface area contributed by atoms with E-state index in [1.54, 1.807) is 19.2 Å². The molecule has 74 valence electrons. The number of amides is 1. The van der Waals surface area contributed by atoms with Crippen molar-refractivity contribution in [2.45, 2.75) is 6.54 Å². The van der Waals surface area contributed by atoms with E-state index in [2.05, 4.69) is 0 Å². The minimum absolute atomic E-state index is 0.110. The molecule has 1 heterocycles. The van der Waals surface area contributed by atoms with E-state index >= 15 is 0 Å². The highest BCUT2D eigenvalue weighted by Gasteiger charge is 2.29. The van der Waals surface area contributed by atoms with Crippen LogP contribution in [0.5, 0.6) is 5.75 Å². The average Bonchev–Trinajstić information content (AvgIpc) is 2.55. The molecule has 1 amide bonds. The molecule has 0 saturated carbocycles. The first kappa shape index (κ1) is 9.02. The zero-order chi connectivity index (χ0) is 10.1. The number of ether oxygens (including phenoxy) is 1. The van der Waals surface area contributed by atoms with Crippen molar-refractivity contribution >= 4 is 5.91 Å². The molecule has 0 atom stereocenters. The van der Waals surface area contributed by atoms with Crippen LogP contribution in [0.25, 0.3) is 0 Å². The molecule has 0 aromatic heterocycles. The molecule has 0 spiro atoms. The smallest absolute Gasteiger partial charge is 0.278 e. The topological polar surface area (TPSA) is 38.8 Å². The predicted octanol–water partition coefficient (Wildman–Crippen LogP) is 1.21. The molecule has 0 bridgehead atoms. The number of rotatable bonds is 2. The molecule has 0 radical (unpaired) electrons. The van der Waals surface area contributed by atoms with Crippen LogP contribution in [0.1, 0.15) is 15.9 Å². The van der Waals surface area contributed by atoms with Gasteiger partial charge in [-0.3, -0.25) is 9.63 Å². The zero-order valence-electron chi connectivity index (χ0n) is 8.11. The van der Waals surface area contributed by atoms with Crippen LogP contribution in [-0.2, 0) is 11.4 Å². The lowest BCUT2D eigenvalue weighted by Gasteiger charge is -2.10. The summed E-state index contributed by atoms with van der Waals surface area (Å²) in [5.41, 5.74) is 1.55. The first-order chi connectivity index (χ1) is 6.77. The number of methoxy groups -OCH3 is 1. The summed E-state index contributed by atoms with van der Waals surface area (Å²) >= 11 is 0. The van der Waals surface area contributed by atoms with E-state index < -0.39 is 0 Å². The number of nitrogens with zero attached hydrogens (tertiary/aromatic N) is 1. The summed E-state index contributed by atoms with van der Waals surface area (Å²) in [6.07, 6.45) is 0. The van der Waals surface area contributed by atoms with Crippen LogP contribution in [0, 0.1) is 0 Å². The van der Waals surface area contributed by atoms with Gasteiger partial charge in [-0.25, -0.2) is 5.06 Å². The zero-order valence-corrected chi connectivity index (χ0v) is 8.11. The fraction of sp³-hybridized carbons (Fsp3) is 0.300. The predicted molar refractivity (Wildman–Crippen MR) is 49.9 cm³/mol. The highest BCUT2D eigenvalue weighted by Crippen LogP contribution is 2.30. The maximum Gasteiger partial charge on any atom is 0.278 e. The molecule has 14 heavy (non-hydrogen) atoms. The SMILES string of the molecule is COc1cccc2c1CN(OC)C2=O. The van der Waals surface area contributed by atoms with E-state index in [4.69, 9.17) is 9.57 Å². The maximum atomic E-state index is 11.6. The van der Waals surface area contributed by atoms with E-state index in [9.17, 15) is 4.79 Å². The van der Waals surface area contributed by atoms with Crippen molar-refractivity contribution in [2.75, 3.05) is 14.2 Å². The van der Waals surface area contributed by atoms with Crippen molar-refractivity contribution in [3.05, 3.63) is 29.3 Å². The third kappa shape index (κ3) is 1.15. The largest absolute Gasteiger partial charge is 0.496 e. The van der Waals surface area contributed by atoms with Gasteiger partial charge in [0.15, 0.2) is 0 Å². The van der Waals surface area contributed by atoms with Gasteiger partial charge < -0.3 is 4.74 Å². The lowest BCUT2D eigenvalue weighted by atomic mass is 10.1. The first-order valence-electron chi connectivity index (χ1n) is 4.29. The van der Waals surface area contributed by atoms with E-state index in [1.165, 1.54) is 12.2 Å². The van der Waals surface area contributed by atoms with Crippen LogP contribution in [-0.4, -0.2) is 25.2 Å². The van der Waals surface area contributed by atoms with Gasteiger partial charge >= 0.3 is 0 Å². The molecule has 1 aromatic rings. The van der Waals surface area contributed by atoms with Crippen molar-refractivity contribution < 1.29 is 14.4 Å². The number of benzene rings is 1. The molecule has 0 saturated heterocycles. The highest BCUT2D eigenvalue weighted by molar-refractivity contribution is 5.98. The maximum absolute atomic E-state index is 11.6. The van der Waals surface area contributed by atoms with Crippen LogP contribution >= 0.6 is 0 Å². The Bertz CT molecular complexity index is 376. The van der Waals surface area contributed by atoms with Gasteiger partial charge in [0.2, 0.25) is 0 Å². The van der Waals surface area contributed by atoms with Crippen molar-refractivity contribution in [2.24, 2.45) is 0 Å². The molecule has 0 N–H and O–H groups in total. The minimum Gasteiger partial charge on any atom is -0.496 e. The van der Waals surface area contributed by atoms with Crippen LogP contribution in [0.15, 0.2) is 18.2 Å². The number of carbonyl (C=O) groups is 1. The normalized spacial score (nSPS) is 14.4. The Morgan fingerprint density at radius 2 is 2.14 bits per heavy atom. The summed E-state index contributed by atoms with van der Waals surface area (Å²) in [6.45, 7) is 0.453. The first-order valence-corrected chi connectivity index (χ1v) is 4.29. The number of carbonyl (C=O) groups excluding carboxylic acids is 1. The second kappa shape index (κ2) is 3.31. The average molecular weight is 193 g/mol. The van der Waals surface area contributed by atoms with Crippen LogP contribution < -0.4 is 4.74 Å². The fourth-order valence-electron chi connectivity index (χ4n) is 1.62. The van der Waals surface area contributed by atoms with E-state index in [-0.39, 0.29) is 5.91 Å². The Labute approximate surface area is 82.0 Å². The second-order valence-corrected chi connectivity index (χ2v) is 3.01. The Morgan fingerprint density at radius 1 is 1.36 bits per heavy atom.